The predicted octanol–water partition coefficient (Wildman–Crippen LogP) is 3.29. The molecule has 1 aromatic rings. The Kier molecular flexibility index (Phi) is 4.44. The Morgan fingerprint density at radius 3 is 2.19 bits per heavy atom. The van der Waals surface area contributed by atoms with Gasteiger partial charge in [-0.05, 0) is 37.5 Å². The molecule has 4 heteroatoms. The fourth-order valence-electron chi connectivity index (χ4n) is 1.70. The van der Waals surface area contributed by atoms with Crippen LogP contribution in [0.2, 0.25) is 5.02 Å². The van der Waals surface area contributed by atoms with Gasteiger partial charge < -0.3 is 14.8 Å². The van der Waals surface area contributed by atoms with Gasteiger partial charge in [0.1, 0.15) is 12.5 Å². The molecule has 3 nitrogen and oxygen atoms in total. The van der Waals surface area contributed by atoms with E-state index in [-0.39, 0.29) is 0 Å². The Labute approximate surface area is 102 Å². The van der Waals surface area contributed by atoms with Crippen LogP contribution in [-0.4, -0.2) is 21.0 Å². The third-order valence-electron chi connectivity index (χ3n) is 2.76. The van der Waals surface area contributed by atoms with E-state index in [1.165, 1.54) is 0 Å². The summed E-state index contributed by atoms with van der Waals surface area (Å²) in [5.74, 6) is 0.830. The smallest absolute Gasteiger partial charge is 0.145 e. The Hall–Kier alpha value is -0.930. The maximum Gasteiger partial charge on any atom is 0.145 e. The standard InChI is InChI=1S/C12H18ClNO2/c1-7-8(2)12(16-5)11(14-6-15-4)9(3)10(7)13/h14H,6H2,1-5H3. The maximum absolute atomic E-state index is 6.26. The van der Waals surface area contributed by atoms with Gasteiger partial charge in [0.25, 0.3) is 0 Å². The van der Waals surface area contributed by atoms with Gasteiger partial charge in [-0.3, -0.25) is 0 Å². The van der Waals surface area contributed by atoms with Gasteiger partial charge in [-0.1, -0.05) is 11.6 Å². The van der Waals surface area contributed by atoms with E-state index in [9.17, 15) is 0 Å². The molecular weight excluding hydrogens is 226 g/mol. The average Bonchev–Trinajstić information content (AvgIpc) is 2.29. The van der Waals surface area contributed by atoms with E-state index in [1.807, 2.05) is 20.8 Å². The summed E-state index contributed by atoms with van der Waals surface area (Å²) >= 11 is 6.26. The molecule has 0 radical (unpaired) electrons. The van der Waals surface area contributed by atoms with Crippen molar-refractivity contribution in [1.82, 2.24) is 0 Å². The summed E-state index contributed by atoms with van der Waals surface area (Å²) in [6.07, 6.45) is 0. The average molecular weight is 244 g/mol. The number of methoxy groups -OCH3 is 2. The third kappa shape index (κ3) is 2.25. The quantitative estimate of drug-likeness (QED) is 0.824. The van der Waals surface area contributed by atoms with Crippen LogP contribution in [0.1, 0.15) is 16.7 Å². The van der Waals surface area contributed by atoms with E-state index in [4.69, 9.17) is 21.1 Å². The number of hydrogen-bond acceptors (Lipinski definition) is 3. The molecule has 1 N–H and O–H groups in total. The molecule has 0 aromatic heterocycles. The van der Waals surface area contributed by atoms with Crippen LogP contribution in [0.15, 0.2) is 0 Å². The first kappa shape index (κ1) is 13.1. The molecule has 1 rings (SSSR count). The van der Waals surface area contributed by atoms with Crippen molar-refractivity contribution in [1.29, 1.82) is 0 Å². The van der Waals surface area contributed by atoms with Gasteiger partial charge >= 0.3 is 0 Å². The van der Waals surface area contributed by atoms with E-state index in [0.29, 0.717) is 6.73 Å². The summed E-state index contributed by atoms with van der Waals surface area (Å²) in [6, 6.07) is 0. The topological polar surface area (TPSA) is 30.5 Å². The number of halogens is 1. The summed E-state index contributed by atoms with van der Waals surface area (Å²) in [7, 11) is 3.30. The highest BCUT2D eigenvalue weighted by Gasteiger charge is 2.16. The number of ether oxygens (including phenoxy) is 2. The molecule has 0 fully saturated rings. The summed E-state index contributed by atoms with van der Waals surface area (Å²) in [5, 5.41) is 3.93. The monoisotopic (exact) mass is 243 g/mol. The number of rotatable bonds is 4. The zero-order valence-corrected chi connectivity index (χ0v) is 11.2. The van der Waals surface area contributed by atoms with Crippen molar-refractivity contribution < 1.29 is 9.47 Å². The SMILES string of the molecule is COCNc1c(C)c(Cl)c(C)c(C)c1OC. The van der Waals surface area contributed by atoms with Crippen molar-refractivity contribution >= 4 is 17.3 Å². The molecule has 90 valence electrons. The Balaban J connectivity index is 3.33. The van der Waals surface area contributed by atoms with Crippen LogP contribution < -0.4 is 10.1 Å². The summed E-state index contributed by atoms with van der Waals surface area (Å²) in [5.41, 5.74) is 3.99. The molecule has 0 unspecified atom stereocenters. The number of benzene rings is 1. The van der Waals surface area contributed by atoms with E-state index in [2.05, 4.69) is 5.32 Å². The molecule has 0 aliphatic carbocycles. The molecule has 16 heavy (non-hydrogen) atoms. The van der Waals surface area contributed by atoms with Crippen molar-refractivity contribution in [2.45, 2.75) is 20.8 Å². The molecule has 0 saturated heterocycles. The zero-order valence-electron chi connectivity index (χ0n) is 10.4. The van der Waals surface area contributed by atoms with Crippen LogP contribution >= 0.6 is 11.6 Å². The maximum atomic E-state index is 6.26. The lowest BCUT2D eigenvalue weighted by molar-refractivity contribution is 0.221. The second-order valence-corrected chi connectivity index (χ2v) is 4.08. The fourth-order valence-corrected chi connectivity index (χ4v) is 1.93. The van der Waals surface area contributed by atoms with E-state index >= 15 is 0 Å². The largest absolute Gasteiger partial charge is 0.494 e. The van der Waals surface area contributed by atoms with Gasteiger partial charge in [-0.25, -0.2) is 0 Å². The summed E-state index contributed by atoms with van der Waals surface area (Å²) in [4.78, 5) is 0. The van der Waals surface area contributed by atoms with Crippen LogP contribution in [0.4, 0.5) is 5.69 Å². The van der Waals surface area contributed by atoms with Gasteiger partial charge in [-0.2, -0.15) is 0 Å². The lowest BCUT2D eigenvalue weighted by Gasteiger charge is -2.19. The molecule has 0 amide bonds. The Bertz CT molecular complexity index is 391. The highest BCUT2D eigenvalue weighted by molar-refractivity contribution is 6.32. The molecule has 0 bridgehead atoms. The molecule has 0 spiro atoms. The van der Waals surface area contributed by atoms with Crippen molar-refractivity contribution in [3.63, 3.8) is 0 Å². The highest BCUT2D eigenvalue weighted by atomic mass is 35.5. The molecule has 0 saturated carbocycles. The first-order valence-electron chi connectivity index (χ1n) is 5.10. The molecule has 1 aromatic carbocycles. The van der Waals surface area contributed by atoms with Gasteiger partial charge in [0.15, 0.2) is 0 Å². The van der Waals surface area contributed by atoms with Gasteiger partial charge in [0.2, 0.25) is 0 Å². The predicted molar refractivity (Wildman–Crippen MR) is 67.7 cm³/mol. The minimum atomic E-state index is 0.427. The lowest BCUT2D eigenvalue weighted by Crippen LogP contribution is -2.08. The van der Waals surface area contributed by atoms with E-state index in [1.54, 1.807) is 14.2 Å². The highest BCUT2D eigenvalue weighted by Crippen LogP contribution is 2.39. The van der Waals surface area contributed by atoms with Crippen molar-refractivity contribution in [2.24, 2.45) is 0 Å². The Morgan fingerprint density at radius 2 is 1.69 bits per heavy atom. The molecule has 0 aliphatic heterocycles. The van der Waals surface area contributed by atoms with E-state index in [0.717, 1.165) is 33.1 Å². The minimum Gasteiger partial charge on any atom is -0.494 e. The normalized spacial score (nSPS) is 10.4. The third-order valence-corrected chi connectivity index (χ3v) is 3.33. The molecule has 0 atom stereocenters. The van der Waals surface area contributed by atoms with Crippen LogP contribution in [0.25, 0.3) is 0 Å². The van der Waals surface area contributed by atoms with Crippen molar-refractivity contribution in [3.8, 4) is 5.75 Å². The molecule has 0 aliphatic rings. The number of hydrogen-bond donors (Lipinski definition) is 1. The second kappa shape index (κ2) is 5.41. The summed E-state index contributed by atoms with van der Waals surface area (Å²) < 4.78 is 10.4. The van der Waals surface area contributed by atoms with Crippen molar-refractivity contribution in [2.75, 3.05) is 26.3 Å². The van der Waals surface area contributed by atoms with Crippen molar-refractivity contribution in [3.05, 3.63) is 21.7 Å². The molecule has 0 heterocycles. The first-order valence-corrected chi connectivity index (χ1v) is 5.48. The summed E-state index contributed by atoms with van der Waals surface area (Å²) in [6.45, 7) is 6.38. The molecular formula is C12H18ClNO2. The second-order valence-electron chi connectivity index (χ2n) is 3.71. The van der Waals surface area contributed by atoms with Gasteiger partial charge in [0.05, 0.1) is 12.8 Å². The minimum absolute atomic E-state index is 0.427. The lowest BCUT2D eigenvalue weighted by atomic mass is 10.0. The van der Waals surface area contributed by atoms with E-state index < -0.39 is 0 Å². The van der Waals surface area contributed by atoms with Crippen LogP contribution in [-0.2, 0) is 4.74 Å². The number of anilines is 1. The zero-order chi connectivity index (χ0) is 12.3. The van der Waals surface area contributed by atoms with Gasteiger partial charge in [-0.15, -0.1) is 0 Å². The van der Waals surface area contributed by atoms with Crippen LogP contribution in [0.3, 0.4) is 0 Å². The van der Waals surface area contributed by atoms with Crippen LogP contribution in [0.5, 0.6) is 5.75 Å². The van der Waals surface area contributed by atoms with Gasteiger partial charge in [0, 0.05) is 12.1 Å². The fraction of sp³-hybridized carbons (Fsp3) is 0.500. The Morgan fingerprint density at radius 1 is 1.06 bits per heavy atom. The van der Waals surface area contributed by atoms with Crippen LogP contribution in [0, 0.1) is 20.8 Å². The first-order chi connectivity index (χ1) is 7.54. The number of nitrogens with one attached hydrogen (secondary N) is 1.